The molecule has 0 saturated carbocycles. The Balaban J connectivity index is 3.02. The van der Waals surface area contributed by atoms with Gasteiger partial charge in [0.1, 0.15) is 5.75 Å². The van der Waals surface area contributed by atoms with Crippen LogP contribution >= 0.6 is 0 Å². The second kappa shape index (κ2) is 4.59. The van der Waals surface area contributed by atoms with Crippen molar-refractivity contribution in [2.75, 3.05) is 7.11 Å². The Morgan fingerprint density at radius 1 is 1.53 bits per heavy atom. The number of carbonyl (C=O) groups excluding carboxylic acids is 2. The lowest BCUT2D eigenvalue weighted by molar-refractivity contribution is -0.141. The predicted molar refractivity (Wildman–Crippen MR) is 53.9 cm³/mol. The largest absolute Gasteiger partial charge is 0.507 e. The third-order valence-electron chi connectivity index (χ3n) is 2.24. The Morgan fingerprint density at radius 3 is 2.67 bits per heavy atom. The molecule has 1 rings (SSSR count). The van der Waals surface area contributed by atoms with E-state index < -0.39 is 5.92 Å². The van der Waals surface area contributed by atoms with Gasteiger partial charge in [-0.2, -0.15) is 0 Å². The van der Waals surface area contributed by atoms with E-state index in [2.05, 4.69) is 4.74 Å². The summed E-state index contributed by atoms with van der Waals surface area (Å²) < 4.78 is 4.57. The maximum atomic E-state index is 11.2. The van der Waals surface area contributed by atoms with Crippen LogP contribution < -0.4 is 0 Å². The molecule has 15 heavy (non-hydrogen) atoms. The van der Waals surface area contributed by atoms with Crippen LogP contribution in [0.5, 0.6) is 5.75 Å². The number of phenolic OH excluding ortho intramolecular Hbond substituents is 1. The average molecular weight is 208 g/mol. The molecule has 4 nitrogen and oxygen atoms in total. The second-order valence-electron chi connectivity index (χ2n) is 3.18. The fourth-order valence-corrected chi connectivity index (χ4v) is 1.24. The van der Waals surface area contributed by atoms with E-state index in [1.165, 1.54) is 19.2 Å². The van der Waals surface area contributed by atoms with Gasteiger partial charge in [-0.15, -0.1) is 0 Å². The number of methoxy groups -OCH3 is 1. The number of hydrogen-bond acceptors (Lipinski definition) is 4. The molecule has 0 aliphatic rings. The molecule has 0 aromatic heterocycles. The standard InChI is InChI=1S/C11H12O4/c1-7(11(14)15-2)8-3-4-9(6-12)10(13)5-8/h3-7,13H,1-2H3/t7-/m1/s1. The Kier molecular flexibility index (Phi) is 3.44. The summed E-state index contributed by atoms with van der Waals surface area (Å²) in [4.78, 5) is 21.7. The van der Waals surface area contributed by atoms with E-state index in [9.17, 15) is 14.7 Å². The minimum absolute atomic E-state index is 0.127. The summed E-state index contributed by atoms with van der Waals surface area (Å²) >= 11 is 0. The first-order valence-electron chi connectivity index (χ1n) is 4.46. The van der Waals surface area contributed by atoms with Crippen molar-refractivity contribution in [2.24, 2.45) is 0 Å². The topological polar surface area (TPSA) is 63.6 Å². The minimum Gasteiger partial charge on any atom is -0.507 e. The highest BCUT2D eigenvalue weighted by atomic mass is 16.5. The Labute approximate surface area is 87.5 Å². The predicted octanol–water partition coefficient (Wildman–Crippen LogP) is 1.48. The molecule has 0 amide bonds. The maximum absolute atomic E-state index is 11.2. The summed E-state index contributed by atoms with van der Waals surface area (Å²) in [6, 6.07) is 4.48. The maximum Gasteiger partial charge on any atom is 0.312 e. The number of benzene rings is 1. The number of aldehydes is 1. The summed E-state index contributed by atoms with van der Waals surface area (Å²) in [5.74, 6) is -0.965. The summed E-state index contributed by atoms with van der Waals surface area (Å²) in [5.41, 5.74) is 0.820. The van der Waals surface area contributed by atoms with Gasteiger partial charge in [-0.25, -0.2) is 0 Å². The zero-order valence-electron chi connectivity index (χ0n) is 8.56. The van der Waals surface area contributed by atoms with Crippen LogP contribution in [0.25, 0.3) is 0 Å². The first-order valence-corrected chi connectivity index (χ1v) is 4.46. The van der Waals surface area contributed by atoms with Gasteiger partial charge in [-0.3, -0.25) is 9.59 Å². The van der Waals surface area contributed by atoms with Gasteiger partial charge in [0, 0.05) is 0 Å². The Morgan fingerprint density at radius 2 is 2.20 bits per heavy atom. The average Bonchev–Trinajstić information content (AvgIpc) is 2.26. The Hall–Kier alpha value is -1.84. The van der Waals surface area contributed by atoms with Crippen LogP contribution in [-0.4, -0.2) is 24.5 Å². The molecule has 0 saturated heterocycles. The normalized spacial score (nSPS) is 11.9. The molecule has 0 aliphatic carbocycles. The molecule has 0 unspecified atom stereocenters. The summed E-state index contributed by atoms with van der Waals surface area (Å²) in [6.07, 6.45) is 0.557. The summed E-state index contributed by atoms with van der Waals surface area (Å²) in [6.45, 7) is 1.67. The van der Waals surface area contributed by atoms with E-state index >= 15 is 0 Å². The highest BCUT2D eigenvalue weighted by molar-refractivity contribution is 5.81. The minimum atomic E-state index is -0.457. The van der Waals surface area contributed by atoms with E-state index in [4.69, 9.17) is 0 Å². The van der Waals surface area contributed by atoms with Crippen molar-refractivity contribution in [3.63, 3.8) is 0 Å². The van der Waals surface area contributed by atoms with Gasteiger partial charge in [0.15, 0.2) is 6.29 Å². The van der Waals surface area contributed by atoms with E-state index in [0.717, 1.165) is 0 Å². The fraction of sp³-hybridized carbons (Fsp3) is 0.273. The third kappa shape index (κ3) is 2.34. The van der Waals surface area contributed by atoms with Gasteiger partial charge in [0.2, 0.25) is 0 Å². The van der Waals surface area contributed by atoms with E-state index in [1.807, 2.05) is 0 Å². The molecule has 4 heteroatoms. The number of rotatable bonds is 3. The van der Waals surface area contributed by atoms with E-state index in [1.54, 1.807) is 13.0 Å². The van der Waals surface area contributed by atoms with Crippen LogP contribution in [0, 0.1) is 0 Å². The quantitative estimate of drug-likeness (QED) is 0.603. The number of hydrogen-bond donors (Lipinski definition) is 1. The molecule has 1 aromatic carbocycles. The van der Waals surface area contributed by atoms with Crippen LogP contribution in [0.3, 0.4) is 0 Å². The van der Waals surface area contributed by atoms with Crippen molar-refractivity contribution in [1.82, 2.24) is 0 Å². The van der Waals surface area contributed by atoms with Crippen LogP contribution in [0.1, 0.15) is 28.8 Å². The zero-order valence-corrected chi connectivity index (χ0v) is 8.56. The lowest BCUT2D eigenvalue weighted by Gasteiger charge is -2.10. The van der Waals surface area contributed by atoms with Gasteiger partial charge in [-0.1, -0.05) is 6.07 Å². The van der Waals surface area contributed by atoms with Crippen LogP contribution in [0.15, 0.2) is 18.2 Å². The Bertz CT molecular complexity index is 384. The molecule has 1 aromatic rings. The molecule has 0 aliphatic heterocycles. The lowest BCUT2D eigenvalue weighted by Crippen LogP contribution is -2.10. The van der Waals surface area contributed by atoms with Crippen LogP contribution in [0.2, 0.25) is 0 Å². The first-order chi connectivity index (χ1) is 7.10. The van der Waals surface area contributed by atoms with Crippen LogP contribution in [0.4, 0.5) is 0 Å². The molecule has 0 spiro atoms. The van der Waals surface area contributed by atoms with Gasteiger partial charge in [0.25, 0.3) is 0 Å². The van der Waals surface area contributed by atoms with Crippen molar-refractivity contribution in [2.45, 2.75) is 12.8 Å². The van der Waals surface area contributed by atoms with Crippen molar-refractivity contribution in [3.8, 4) is 5.75 Å². The highest BCUT2D eigenvalue weighted by Gasteiger charge is 2.16. The molecule has 1 N–H and O–H groups in total. The summed E-state index contributed by atoms with van der Waals surface area (Å²) in [5, 5.41) is 9.41. The number of esters is 1. The molecular formula is C11H12O4. The molecular weight excluding hydrogens is 196 g/mol. The molecule has 0 fully saturated rings. The molecule has 80 valence electrons. The first kappa shape index (κ1) is 11.2. The second-order valence-corrected chi connectivity index (χ2v) is 3.18. The van der Waals surface area contributed by atoms with Gasteiger partial charge >= 0.3 is 5.97 Å². The van der Waals surface area contributed by atoms with E-state index in [-0.39, 0.29) is 17.3 Å². The SMILES string of the molecule is COC(=O)[C@H](C)c1ccc(C=O)c(O)c1. The van der Waals surface area contributed by atoms with Gasteiger partial charge in [-0.05, 0) is 24.6 Å². The highest BCUT2D eigenvalue weighted by Crippen LogP contribution is 2.23. The number of carbonyl (C=O) groups is 2. The number of ether oxygens (including phenoxy) is 1. The van der Waals surface area contributed by atoms with Crippen molar-refractivity contribution in [1.29, 1.82) is 0 Å². The van der Waals surface area contributed by atoms with E-state index in [0.29, 0.717) is 11.8 Å². The van der Waals surface area contributed by atoms with Crippen molar-refractivity contribution < 1.29 is 19.4 Å². The third-order valence-corrected chi connectivity index (χ3v) is 2.24. The van der Waals surface area contributed by atoms with Crippen molar-refractivity contribution in [3.05, 3.63) is 29.3 Å². The van der Waals surface area contributed by atoms with Crippen molar-refractivity contribution >= 4 is 12.3 Å². The van der Waals surface area contributed by atoms with Gasteiger partial charge in [0.05, 0.1) is 18.6 Å². The number of aromatic hydroxyl groups is 1. The van der Waals surface area contributed by atoms with Crippen LogP contribution in [-0.2, 0) is 9.53 Å². The van der Waals surface area contributed by atoms with Gasteiger partial charge < -0.3 is 9.84 Å². The number of phenols is 1. The molecule has 0 bridgehead atoms. The molecule has 0 radical (unpaired) electrons. The molecule has 1 atom stereocenters. The smallest absolute Gasteiger partial charge is 0.312 e. The summed E-state index contributed by atoms with van der Waals surface area (Å²) in [7, 11) is 1.30. The zero-order chi connectivity index (χ0) is 11.4. The monoisotopic (exact) mass is 208 g/mol. The lowest BCUT2D eigenvalue weighted by atomic mass is 9.99. The molecule has 0 heterocycles. The fourth-order valence-electron chi connectivity index (χ4n) is 1.24.